The Morgan fingerprint density at radius 3 is 2.50 bits per heavy atom. The maximum absolute atomic E-state index is 12.0. The maximum atomic E-state index is 12.0. The third kappa shape index (κ3) is 3.34. The van der Waals surface area contributed by atoms with E-state index in [1.54, 1.807) is 25.1 Å². The van der Waals surface area contributed by atoms with E-state index in [1.165, 1.54) is 0 Å². The largest absolute Gasteiger partial charge is 0.479 e. The Kier molecular flexibility index (Phi) is 5.27. The fraction of sp³-hybridized carbons (Fsp3) is 0.200. The molecule has 5 nitrogen and oxygen atoms in total. The summed E-state index contributed by atoms with van der Waals surface area (Å²) in [7, 11) is 0. The van der Waals surface area contributed by atoms with Crippen LogP contribution in [0.15, 0.2) is 26.8 Å². The van der Waals surface area contributed by atoms with Crippen LogP contribution in [0.4, 0.5) is 4.79 Å². The summed E-state index contributed by atoms with van der Waals surface area (Å²) in [5.41, 5.74) is 0.969. The van der Waals surface area contributed by atoms with Gasteiger partial charge in [0.1, 0.15) is 18.1 Å². The van der Waals surface area contributed by atoms with Crippen LogP contribution in [0.25, 0.3) is 6.08 Å². The minimum atomic E-state index is -0.411. The highest BCUT2D eigenvalue weighted by atomic mass is 79.9. The lowest BCUT2D eigenvalue weighted by Gasteiger charge is -2.09. The zero-order chi connectivity index (χ0) is 16.3. The average Bonchev–Trinajstić information content (AvgIpc) is 2.72. The molecule has 2 rings (SSSR count). The van der Waals surface area contributed by atoms with Gasteiger partial charge in [-0.15, -0.1) is 6.42 Å². The van der Waals surface area contributed by atoms with Gasteiger partial charge in [0.2, 0.25) is 0 Å². The van der Waals surface area contributed by atoms with Crippen molar-refractivity contribution < 1.29 is 14.3 Å². The van der Waals surface area contributed by atoms with E-state index in [4.69, 9.17) is 11.2 Å². The summed E-state index contributed by atoms with van der Waals surface area (Å²) in [6.45, 7) is 2.22. The number of amides is 3. The fourth-order valence-electron chi connectivity index (χ4n) is 1.94. The molecule has 0 unspecified atom stereocenters. The number of carbonyl (C=O) groups excluding carboxylic acids is 2. The number of imide groups is 1. The Bertz CT molecular complexity index is 684. The van der Waals surface area contributed by atoms with Crippen LogP contribution < -0.4 is 10.1 Å². The second-order valence-electron chi connectivity index (χ2n) is 4.34. The second kappa shape index (κ2) is 6.99. The molecule has 0 aliphatic carbocycles. The van der Waals surface area contributed by atoms with E-state index >= 15 is 0 Å². The van der Waals surface area contributed by atoms with Gasteiger partial charge in [0, 0.05) is 6.54 Å². The molecule has 0 aromatic heterocycles. The molecule has 0 saturated carbocycles. The molecule has 3 amide bonds. The predicted molar refractivity (Wildman–Crippen MR) is 90.1 cm³/mol. The molecule has 1 aromatic carbocycles. The molecule has 0 spiro atoms. The molecule has 0 atom stereocenters. The lowest BCUT2D eigenvalue weighted by atomic mass is 10.2. The van der Waals surface area contributed by atoms with Crippen molar-refractivity contribution >= 4 is 49.9 Å². The smallest absolute Gasteiger partial charge is 0.328 e. The van der Waals surface area contributed by atoms with Crippen molar-refractivity contribution in [2.45, 2.75) is 6.92 Å². The number of hydrogen-bond donors (Lipinski definition) is 1. The van der Waals surface area contributed by atoms with Gasteiger partial charge in [-0.25, -0.2) is 4.79 Å². The summed E-state index contributed by atoms with van der Waals surface area (Å²) in [6, 6.07) is 3.14. The predicted octanol–water partition coefficient (Wildman–Crippen LogP) is 3.14. The van der Waals surface area contributed by atoms with E-state index in [0.717, 1.165) is 10.5 Å². The van der Waals surface area contributed by atoms with Gasteiger partial charge in [-0.3, -0.25) is 9.69 Å². The van der Waals surface area contributed by atoms with Gasteiger partial charge in [-0.2, -0.15) is 0 Å². The van der Waals surface area contributed by atoms with Crippen LogP contribution in [-0.2, 0) is 4.79 Å². The number of terminal acetylenes is 1. The number of urea groups is 1. The van der Waals surface area contributed by atoms with Gasteiger partial charge in [0.05, 0.1) is 8.95 Å². The van der Waals surface area contributed by atoms with Crippen molar-refractivity contribution in [3.05, 3.63) is 32.3 Å². The van der Waals surface area contributed by atoms with Crippen LogP contribution >= 0.6 is 31.9 Å². The SMILES string of the molecule is C#CCOc1c(Br)cc(/C=C2/NC(=O)N(CC)C2=O)cc1Br. The van der Waals surface area contributed by atoms with Crippen molar-refractivity contribution in [3.63, 3.8) is 0 Å². The highest BCUT2D eigenvalue weighted by Gasteiger charge is 2.32. The number of likely N-dealkylation sites (N-methyl/N-ethyl adjacent to an activating group) is 1. The molecule has 114 valence electrons. The van der Waals surface area contributed by atoms with Crippen molar-refractivity contribution in [3.8, 4) is 18.1 Å². The van der Waals surface area contributed by atoms with Gasteiger partial charge >= 0.3 is 6.03 Å². The molecule has 1 aliphatic rings. The Balaban J connectivity index is 2.32. The number of carbonyl (C=O) groups is 2. The number of nitrogens with one attached hydrogen (secondary N) is 1. The van der Waals surface area contributed by atoms with Crippen LogP contribution in [0.1, 0.15) is 12.5 Å². The quantitative estimate of drug-likeness (QED) is 0.456. The van der Waals surface area contributed by atoms with Crippen LogP contribution in [0, 0.1) is 12.3 Å². The third-order valence-electron chi connectivity index (χ3n) is 2.91. The number of halogens is 2. The van der Waals surface area contributed by atoms with Gasteiger partial charge in [-0.05, 0) is 62.6 Å². The zero-order valence-corrected chi connectivity index (χ0v) is 14.8. The first-order valence-corrected chi connectivity index (χ1v) is 7.96. The number of rotatable bonds is 4. The van der Waals surface area contributed by atoms with Crippen molar-refractivity contribution in [1.29, 1.82) is 0 Å². The topological polar surface area (TPSA) is 58.6 Å². The second-order valence-corrected chi connectivity index (χ2v) is 6.05. The van der Waals surface area contributed by atoms with Gasteiger partial charge in [-0.1, -0.05) is 5.92 Å². The Hall–Kier alpha value is -1.78. The molecule has 1 N–H and O–H groups in total. The molecule has 1 fully saturated rings. The molecule has 7 heteroatoms. The molecule has 1 aliphatic heterocycles. The molecule has 1 saturated heterocycles. The maximum Gasteiger partial charge on any atom is 0.328 e. The minimum absolute atomic E-state index is 0.150. The first-order chi connectivity index (χ1) is 10.5. The standard InChI is InChI=1S/C15H12Br2N2O3/c1-3-5-22-13-10(16)6-9(7-11(13)17)8-12-14(20)19(4-2)15(21)18-12/h1,6-8H,4-5H2,2H3,(H,18,21)/b12-8+. The van der Waals surface area contributed by atoms with Crippen molar-refractivity contribution in [2.24, 2.45) is 0 Å². The molecule has 0 bridgehead atoms. The van der Waals surface area contributed by atoms with Crippen molar-refractivity contribution in [2.75, 3.05) is 13.2 Å². The Morgan fingerprint density at radius 2 is 2.00 bits per heavy atom. The summed E-state index contributed by atoms with van der Waals surface area (Å²) in [4.78, 5) is 24.8. The summed E-state index contributed by atoms with van der Waals surface area (Å²) < 4.78 is 6.79. The van der Waals surface area contributed by atoms with Crippen LogP contribution in [0.5, 0.6) is 5.75 Å². The number of benzene rings is 1. The van der Waals surface area contributed by atoms with E-state index in [9.17, 15) is 9.59 Å². The van der Waals surface area contributed by atoms with Gasteiger partial charge in [0.25, 0.3) is 5.91 Å². The minimum Gasteiger partial charge on any atom is -0.479 e. The summed E-state index contributed by atoms with van der Waals surface area (Å²) >= 11 is 6.79. The number of hydrogen-bond acceptors (Lipinski definition) is 3. The molecular formula is C15H12Br2N2O3. The molecule has 1 heterocycles. The number of ether oxygens (including phenoxy) is 1. The third-order valence-corrected chi connectivity index (χ3v) is 4.09. The number of nitrogens with zero attached hydrogens (tertiary/aromatic N) is 1. The first kappa shape index (κ1) is 16.6. The summed E-state index contributed by atoms with van der Waals surface area (Å²) in [5.74, 6) is 2.63. The first-order valence-electron chi connectivity index (χ1n) is 6.37. The van der Waals surface area contributed by atoms with Crippen LogP contribution in [0.3, 0.4) is 0 Å². The van der Waals surface area contributed by atoms with Crippen LogP contribution in [0.2, 0.25) is 0 Å². The molecule has 1 aromatic rings. The van der Waals surface area contributed by atoms with E-state index in [-0.39, 0.29) is 18.2 Å². The van der Waals surface area contributed by atoms with E-state index in [2.05, 4.69) is 43.1 Å². The van der Waals surface area contributed by atoms with E-state index in [1.807, 2.05) is 0 Å². The molecular weight excluding hydrogens is 416 g/mol. The average molecular weight is 428 g/mol. The lowest BCUT2D eigenvalue weighted by Crippen LogP contribution is -2.30. The Morgan fingerprint density at radius 1 is 1.36 bits per heavy atom. The van der Waals surface area contributed by atoms with E-state index < -0.39 is 6.03 Å². The normalized spacial score (nSPS) is 15.9. The van der Waals surface area contributed by atoms with Gasteiger partial charge < -0.3 is 10.1 Å². The summed E-state index contributed by atoms with van der Waals surface area (Å²) in [5, 5.41) is 2.55. The fourth-order valence-corrected chi connectivity index (χ4v) is 3.39. The van der Waals surface area contributed by atoms with Gasteiger partial charge in [0.15, 0.2) is 0 Å². The molecule has 22 heavy (non-hydrogen) atoms. The van der Waals surface area contributed by atoms with Crippen LogP contribution in [-0.4, -0.2) is 30.0 Å². The summed E-state index contributed by atoms with van der Waals surface area (Å²) in [6.07, 6.45) is 6.78. The van der Waals surface area contributed by atoms with E-state index in [0.29, 0.717) is 21.2 Å². The molecule has 0 radical (unpaired) electrons. The highest BCUT2D eigenvalue weighted by Crippen LogP contribution is 2.35. The highest BCUT2D eigenvalue weighted by molar-refractivity contribution is 9.11. The monoisotopic (exact) mass is 426 g/mol. The van der Waals surface area contributed by atoms with Crippen molar-refractivity contribution in [1.82, 2.24) is 10.2 Å². The zero-order valence-electron chi connectivity index (χ0n) is 11.7. The Labute approximate surface area is 145 Å². The lowest BCUT2D eigenvalue weighted by molar-refractivity contribution is -0.122.